The minimum absolute atomic E-state index is 0.262. The third-order valence-electron chi connectivity index (χ3n) is 2.87. The predicted octanol–water partition coefficient (Wildman–Crippen LogP) is 2.75. The highest BCUT2D eigenvalue weighted by Gasteiger charge is 2.25. The fourth-order valence-corrected chi connectivity index (χ4v) is 2.45. The Labute approximate surface area is 118 Å². The third-order valence-corrected chi connectivity index (χ3v) is 3.49. The molecule has 0 radical (unpaired) electrons. The molecule has 0 fully saturated rings. The summed E-state index contributed by atoms with van der Waals surface area (Å²) in [6, 6.07) is 2.10. The lowest BCUT2D eigenvalue weighted by Gasteiger charge is -2.26. The third kappa shape index (κ3) is 3.65. The lowest BCUT2D eigenvalue weighted by atomic mass is 10.2. The van der Waals surface area contributed by atoms with E-state index in [0.717, 1.165) is 17.9 Å². The molecule has 1 aromatic heterocycles. The van der Waals surface area contributed by atoms with Crippen LogP contribution in [0.15, 0.2) is 11.1 Å². The zero-order valence-corrected chi connectivity index (χ0v) is 12.8. The number of carbonyl (C=O) groups excluding carboxylic acids is 1. The highest BCUT2D eigenvalue weighted by molar-refractivity contribution is 7.98. The normalized spacial score (nSPS) is 15.9. The molecule has 0 atom stereocenters. The number of carbonyl (C=O) groups is 1. The fraction of sp³-hybridized carbons (Fsp3) is 0.692. The average molecular weight is 283 g/mol. The SMILES string of the molecule is CSc1cc2n(n1)CN(C(=O)OC(C)(C)C)CCC2. The molecule has 0 saturated carbocycles. The lowest BCUT2D eigenvalue weighted by Crippen LogP contribution is -2.38. The zero-order valence-electron chi connectivity index (χ0n) is 12.0. The Morgan fingerprint density at radius 2 is 2.21 bits per heavy atom. The number of hydrogen-bond donors (Lipinski definition) is 0. The number of aromatic nitrogens is 2. The van der Waals surface area contributed by atoms with E-state index in [1.54, 1.807) is 16.7 Å². The second-order valence-corrected chi connectivity index (χ2v) is 6.49. The van der Waals surface area contributed by atoms with E-state index in [2.05, 4.69) is 11.2 Å². The first kappa shape index (κ1) is 14.2. The Kier molecular flexibility index (Phi) is 4.08. The van der Waals surface area contributed by atoms with Crippen LogP contribution in [0.3, 0.4) is 0 Å². The van der Waals surface area contributed by atoms with Crippen LogP contribution in [0.1, 0.15) is 32.9 Å². The number of thioether (sulfide) groups is 1. The van der Waals surface area contributed by atoms with Gasteiger partial charge in [0.2, 0.25) is 0 Å². The molecule has 5 nitrogen and oxygen atoms in total. The second kappa shape index (κ2) is 5.45. The molecule has 0 spiro atoms. The molecule has 0 saturated heterocycles. The molecule has 0 unspecified atom stereocenters. The van der Waals surface area contributed by atoms with Gasteiger partial charge in [0, 0.05) is 12.2 Å². The number of ether oxygens (including phenoxy) is 1. The van der Waals surface area contributed by atoms with Crippen LogP contribution in [0, 0.1) is 0 Å². The lowest BCUT2D eigenvalue weighted by molar-refractivity contribution is 0.0187. The van der Waals surface area contributed by atoms with Gasteiger partial charge >= 0.3 is 6.09 Å². The maximum absolute atomic E-state index is 12.1. The summed E-state index contributed by atoms with van der Waals surface area (Å²) in [7, 11) is 0. The van der Waals surface area contributed by atoms with E-state index in [9.17, 15) is 4.79 Å². The standard InChI is InChI=1S/C13H21N3O2S/c1-13(2,3)18-12(17)15-7-5-6-10-8-11(19-4)14-16(10)9-15/h8H,5-7,9H2,1-4H3. The average Bonchev–Trinajstić information content (AvgIpc) is 2.58. The van der Waals surface area contributed by atoms with Crippen LogP contribution in [-0.4, -0.2) is 39.2 Å². The predicted molar refractivity (Wildman–Crippen MR) is 75.3 cm³/mol. The van der Waals surface area contributed by atoms with Gasteiger partial charge < -0.3 is 4.74 Å². The quantitative estimate of drug-likeness (QED) is 0.744. The van der Waals surface area contributed by atoms with Crippen molar-refractivity contribution < 1.29 is 9.53 Å². The van der Waals surface area contributed by atoms with Gasteiger partial charge in [-0.1, -0.05) is 0 Å². The summed E-state index contributed by atoms with van der Waals surface area (Å²) in [5, 5.41) is 5.49. The van der Waals surface area contributed by atoms with Crippen molar-refractivity contribution in [1.82, 2.24) is 14.7 Å². The van der Waals surface area contributed by atoms with E-state index in [-0.39, 0.29) is 6.09 Å². The Bertz CT molecular complexity index is 465. The molecule has 19 heavy (non-hydrogen) atoms. The summed E-state index contributed by atoms with van der Waals surface area (Å²) in [5.74, 6) is 0. The maximum Gasteiger partial charge on any atom is 0.411 e. The molecule has 0 bridgehead atoms. The Hall–Kier alpha value is -1.17. The van der Waals surface area contributed by atoms with Gasteiger partial charge in [0.25, 0.3) is 0 Å². The molecule has 6 heteroatoms. The van der Waals surface area contributed by atoms with Crippen molar-refractivity contribution in [1.29, 1.82) is 0 Å². The Morgan fingerprint density at radius 3 is 2.84 bits per heavy atom. The number of hydrogen-bond acceptors (Lipinski definition) is 4. The number of rotatable bonds is 1. The molecule has 0 aliphatic carbocycles. The van der Waals surface area contributed by atoms with Crippen molar-refractivity contribution in [3.63, 3.8) is 0 Å². The number of fused-ring (bicyclic) bond motifs is 1. The van der Waals surface area contributed by atoms with Crippen molar-refractivity contribution in [3.8, 4) is 0 Å². The van der Waals surface area contributed by atoms with Crippen LogP contribution in [0.4, 0.5) is 4.79 Å². The first-order valence-electron chi connectivity index (χ1n) is 6.48. The highest BCUT2D eigenvalue weighted by Crippen LogP contribution is 2.20. The largest absolute Gasteiger partial charge is 0.444 e. The summed E-state index contributed by atoms with van der Waals surface area (Å²) in [5.41, 5.74) is 0.733. The van der Waals surface area contributed by atoms with Crippen molar-refractivity contribution in [3.05, 3.63) is 11.8 Å². The van der Waals surface area contributed by atoms with Gasteiger partial charge in [0.15, 0.2) is 0 Å². The van der Waals surface area contributed by atoms with Crippen LogP contribution in [0.5, 0.6) is 0 Å². The molecule has 1 amide bonds. The molecule has 106 valence electrons. The van der Waals surface area contributed by atoms with Crippen molar-refractivity contribution >= 4 is 17.9 Å². The highest BCUT2D eigenvalue weighted by atomic mass is 32.2. The van der Waals surface area contributed by atoms with E-state index in [1.807, 2.05) is 31.7 Å². The van der Waals surface area contributed by atoms with Crippen LogP contribution >= 0.6 is 11.8 Å². The van der Waals surface area contributed by atoms with Gasteiger partial charge in [0.05, 0.1) is 0 Å². The number of aryl methyl sites for hydroxylation is 1. The van der Waals surface area contributed by atoms with Crippen LogP contribution in [0.2, 0.25) is 0 Å². The summed E-state index contributed by atoms with van der Waals surface area (Å²) >= 11 is 1.62. The van der Waals surface area contributed by atoms with Crippen LogP contribution < -0.4 is 0 Å². The minimum Gasteiger partial charge on any atom is -0.444 e. The number of amides is 1. The Morgan fingerprint density at radius 1 is 1.47 bits per heavy atom. The molecule has 2 rings (SSSR count). The zero-order chi connectivity index (χ0) is 14.0. The van der Waals surface area contributed by atoms with Gasteiger partial charge in [0.1, 0.15) is 17.3 Å². The topological polar surface area (TPSA) is 47.4 Å². The van der Waals surface area contributed by atoms with Gasteiger partial charge in [-0.25, -0.2) is 9.48 Å². The summed E-state index contributed by atoms with van der Waals surface area (Å²) in [4.78, 5) is 13.8. The van der Waals surface area contributed by atoms with Crippen LogP contribution in [-0.2, 0) is 17.8 Å². The van der Waals surface area contributed by atoms with E-state index in [1.165, 1.54) is 5.69 Å². The van der Waals surface area contributed by atoms with Crippen molar-refractivity contribution in [2.24, 2.45) is 0 Å². The second-order valence-electron chi connectivity index (χ2n) is 5.67. The molecule has 0 N–H and O–H groups in total. The van der Waals surface area contributed by atoms with E-state index in [0.29, 0.717) is 13.2 Å². The van der Waals surface area contributed by atoms with E-state index >= 15 is 0 Å². The van der Waals surface area contributed by atoms with Gasteiger partial charge in [-0.3, -0.25) is 4.90 Å². The molecule has 1 aliphatic rings. The van der Waals surface area contributed by atoms with Gasteiger partial charge in [-0.05, 0) is 45.9 Å². The molecule has 0 aromatic carbocycles. The monoisotopic (exact) mass is 283 g/mol. The van der Waals surface area contributed by atoms with Crippen LogP contribution in [0.25, 0.3) is 0 Å². The first-order valence-corrected chi connectivity index (χ1v) is 7.70. The van der Waals surface area contributed by atoms with Crippen molar-refractivity contribution in [2.45, 2.75) is 50.9 Å². The molecule has 1 aromatic rings. The summed E-state index contributed by atoms with van der Waals surface area (Å²) in [6.07, 6.45) is 3.64. The molecular formula is C13H21N3O2S. The molecular weight excluding hydrogens is 262 g/mol. The van der Waals surface area contributed by atoms with Crippen molar-refractivity contribution in [2.75, 3.05) is 12.8 Å². The number of nitrogens with zero attached hydrogens (tertiary/aromatic N) is 3. The van der Waals surface area contributed by atoms with Gasteiger partial charge in [-0.15, -0.1) is 11.8 Å². The summed E-state index contributed by atoms with van der Waals surface area (Å²) in [6.45, 7) is 6.84. The first-order chi connectivity index (χ1) is 8.89. The Balaban J connectivity index is 2.10. The van der Waals surface area contributed by atoms with Gasteiger partial charge in [-0.2, -0.15) is 5.10 Å². The fourth-order valence-electron chi connectivity index (χ4n) is 2.01. The molecule has 2 heterocycles. The van der Waals surface area contributed by atoms with E-state index in [4.69, 9.17) is 4.74 Å². The summed E-state index contributed by atoms with van der Waals surface area (Å²) < 4.78 is 7.33. The smallest absolute Gasteiger partial charge is 0.411 e. The minimum atomic E-state index is -0.458. The molecule has 1 aliphatic heterocycles. The maximum atomic E-state index is 12.1. The van der Waals surface area contributed by atoms with E-state index < -0.39 is 5.60 Å².